The number of anilines is 1. The summed E-state index contributed by atoms with van der Waals surface area (Å²) in [4.78, 5) is 37.8. The van der Waals surface area contributed by atoms with E-state index in [0.29, 0.717) is 23.2 Å². The van der Waals surface area contributed by atoms with E-state index in [1.807, 2.05) is 0 Å². The Labute approximate surface area is 135 Å². The molecule has 2 rings (SSSR count). The van der Waals surface area contributed by atoms with Crippen LogP contribution in [0.5, 0.6) is 0 Å². The van der Waals surface area contributed by atoms with Crippen molar-refractivity contribution in [3.05, 3.63) is 29.3 Å². The minimum absolute atomic E-state index is 0.00262. The first kappa shape index (κ1) is 17.1. The van der Waals surface area contributed by atoms with E-state index in [1.165, 1.54) is 7.11 Å². The first-order valence-electron chi connectivity index (χ1n) is 7.52. The number of hydrogen-bond acceptors (Lipinski definition) is 5. The molecule has 6 heteroatoms. The maximum atomic E-state index is 12.6. The van der Waals surface area contributed by atoms with Crippen LogP contribution in [0, 0.1) is 0 Å². The van der Waals surface area contributed by atoms with E-state index in [4.69, 9.17) is 9.47 Å². The summed E-state index contributed by atoms with van der Waals surface area (Å²) in [6.45, 7) is 5.58. The Morgan fingerprint density at radius 1 is 1.22 bits per heavy atom. The molecule has 0 fully saturated rings. The van der Waals surface area contributed by atoms with E-state index in [0.717, 1.165) is 4.90 Å². The van der Waals surface area contributed by atoms with Gasteiger partial charge in [0.2, 0.25) is 5.91 Å². The lowest BCUT2D eigenvalue weighted by Gasteiger charge is -2.18. The van der Waals surface area contributed by atoms with Crippen molar-refractivity contribution >= 4 is 23.5 Å². The van der Waals surface area contributed by atoms with Crippen molar-refractivity contribution in [2.45, 2.75) is 32.6 Å². The second-order valence-corrected chi connectivity index (χ2v) is 5.88. The molecule has 23 heavy (non-hydrogen) atoms. The lowest BCUT2D eigenvalue weighted by Crippen LogP contribution is -2.40. The van der Waals surface area contributed by atoms with E-state index in [1.54, 1.807) is 39.0 Å². The molecule has 2 amide bonds. The summed E-state index contributed by atoms with van der Waals surface area (Å²) >= 11 is 0. The van der Waals surface area contributed by atoms with Crippen LogP contribution in [0.3, 0.4) is 0 Å². The van der Waals surface area contributed by atoms with Gasteiger partial charge in [-0.05, 0) is 37.6 Å². The molecule has 0 atom stereocenters. The normalized spacial score (nSPS) is 15.5. The summed E-state index contributed by atoms with van der Waals surface area (Å²) in [5.41, 5.74) is 0.780. The molecule has 124 valence electrons. The van der Waals surface area contributed by atoms with Crippen molar-refractivity contribution in [3.63, 3.8) is 0 Å². The molecule has 0 N–H and O–H groups in total. The van der Waals surface area contributed by atoms with Crippen LogP contribution in [0.1, 0.15) is 43.1 Å². The topological polar surface area (TPSA) is 72.9 Å². The fourth-order valence-corrected chi connectivity index (χ4v) is 2.57. The summed E-state index contributed by atoms with van der Waals surface area (Å²) in [7, 11) is 1.50. The molecule has 1 aliphatic heterocycles. The van der Waals surface area contributed by atoms with Gasteiger partial charge in [0.15, 0.2) is 5.78 Å². The number of amides is 2. The van der Waals surface area contributed by atoms with Gasteiger partial charge < -0.3 is 9.47 Å². The lowest BCUT2D eigenvalue weighted by atomic mass is 9.85. The molecule has 0 aromatic heterocycles. The Morgan fingerprint density at radius 3 is 2.52 bits per heavy atom. The highest BCUT2D eigenvalue weighted by Crippen LogP contribution is 2.42. The molecule has 1 aromatic carbocycles. The molecule has 0 spiro atoms. The molecule has 1 aliphatic rings. The lowest BCUT2D eigenvalue weighted by molar-refractivity contribution is -0.121. The van der Waals surface area contributed by atoms with Crippen LogP contribution in [-0.2, 0) is 19.7 Å². The van der Waals surface area contributed by atoms with Crippen LogP contribution in [0.4, 0.5) is 10.5 Å². The maximum Gasteiger partial charge on any atom is 0.421 e. The third-order valence-corrected chi connectivity index (χ3v) is 3.99. The number of rotatable bonds is 5. The van der Waals surface area contributed by atoms with Gasteiger partial charge in [0.05, 0.1) is 17.7 Å². The van der Waals surface area contributed by atoms with Crippen LogP contribution >= 0.6 is 0 Å². The Hall–Kier alpha value is -2.21. The first-order valence-corrected chi connectivity index (χ1v) is 7.52. The molecular formula is C17H21NO5. The minimum atomic E-state index is -0.889. The summed E-state index contributed by atoms with van der Waals surface area (Å²) in [6.07, 6.45) is -0.343. The number of carbonyl (C=O) groups is 3. The van der Waals surface area contributed by atoms with Gasteiger partial charge in [0.25, 0.3) is 0 Å². The maximum absolute atomic E-state index is 12.6. The van der Waals surface area contributed by atoms with Crippen LogP contribution in [-0.4, -0.2) is 38.1 Å². The van der Waals surface area contributed by atoms with E-state index in [9.17, 15) is 14.4 Å². The smallest absolute Gasteiger partial charge is 0.421 e. The summed E-state index contributed by atoms with van der Waals surface area (Å²) in [5, 5.41) is 0. The summed E-state index contributed by atoms with van der Waals surface area (Å²) in [5.74, 6) is -0.367. The SMILES string of the molecule is CCC(=O)c1ccc2c(c1)C(C)(C)C(=O)N2C(=O)OCCOC. The van der Waals surface area contributed by atoms with Crippen molar-refractivity contribution in [1.29, 1.82) is 0 Å². The van der Waals surface area contributed by atoms with E-state index >= 15 is 0 Å². The fourth-order valence-electron chi connectivity index (χ4n) is 2.57. The Morgan fingerprint density at radius 2 is 1.91 bits per heavy atom. The molecule has 0 saturated heterocycles. The third-order valence-electron chi connectivity index (χ3n) is 3.99. The van der Waals surface area contributed by atoms with Crippen LogP contribution in [0.25, 0.3) is 0 Å². The predicted molar refractivity (Wildman–Crippen MR) is 84.8 cm³/mol. The number of fused-ring (bicyclic) bond motifs is 1. The first-order chi connectivity index (χ1) is 10.8. The standard InChI is InChI=1S/C17H21NO5/c1-5-14(19)11-6-7-13-12(10-11)17(2,3)15(20)18(13)16(21)23-9-8-22-4/h6-7,10H,5,8-9H2,1-4H3. The number of ether oxygens (including phenoxy) is 2. The number of Topliss-reactive ketones (excluding diaryl/α,β-unsaturated/α-hetero) is 1. The largest absolute Gasteiger partial charge is 0.446 e. The van der Waals surface area contributed by atoms with Crippen molar-refractivity contribution in [1.82, 2.24) is 0 Å². The number of imide groups is 1. The monoisotopic (exact) mass is 319 g/mol. The van der Waals surface area contributed by atoms with Crippen LogP contribution in [0.2, 0.25) is 0 Å². The summed E-state index contributed by atoms with van der Waals surface area (Å²) in [6, 6.07) is 4.96. The van der Waals surface area contributed by atoms with Crippen molar-refractivity contribution < 1.29 is 23.9 Å². The average molecular weight is 319 g/mol. The van der Waals surface area contributed by atoms with Gasteiger partial charge in [-0.25, -0.2) is 9.69 Å². The van der Waals surface area contributed by atoms with Gasteiger partial charge in [-0.1, -0.05) is 6.92 Å². The van der Waals surface area contributed by atoms with Crippen LogP contribution in [0.15, 0.2) is 18.2 Å². The summed E-state index contributed by atoms with van der Waals surface area (Å²) < 4.78 is 9.89. The van der Waals surface area contributed by atoms with Gasteiger partial charge in [-0.15, -0.1) is 0 Å². The second kappa shape index (κ2) is 6.50. The molecule has 1 aromatic rings. The minimum Gasteiger partial charge on any atom is -0.446 e. The highest BCUT2D eigenvalue weighted by molar-refractivity contribution is 6.21. The van der Waals surface area contributed by atoms with Gasteiger partial charge in [-0.2, -0.15) is 0 Å². The number of methoxy groups -OCH3 is 1. The molecule has 0 saturated carbocycles. The quantitative estimate of drug-likeness (QED) is 0.616. The van der Waals surface area contributed by atoms with Crippen LogP contribution < -0.4 is 4.90 Å². The fraction of sp³-hybridized carbons (Fsp3) is 0.471. The van der Waals surface area contributed by atoms with Gasteiger partial charge >= 0.3 is 6.09 Å². The van der Waals surface area contributed by atoms with E-state index in [2.05, 4.69) is 0 Å². The van der Waals surface area contributed by atoms with Gasteiger partial charge in [0, 0.05) is 19.1 Å². The second-order valence-electron chi connectivity index (χ2n) is 5.88. The van der Waals surface area contributed by atoms with Gasteiger partial charge in [-0.3, -0.25) is 9.59 Å². The van der Waals surface area contributed by atoms with Crippen molar-refractivity contribution in [2.24, 2.45) is 0 Å². The molecule has 1 heterocycles. The Bertz CT molecular complexity index is 650. The number of ketones is 1. The molecule has 0 unspecified atom stereocenters. The highest BCUT2D eigenvalue weighted by atomic mass is 16.6. The van der Waals surface area contributed by atoms with Crippen molar-refractivity contribution in [3.8, 4) is 0 Å². The molecule has 0 bridgehead atoms. The highest BCUT2D eigenvalue weighted by Gasteiger charge is 2.47. The van der Waals surface area contributed by atoms with Gasteiger partial charge in [0.1, 0.15) is 6.61 Å². The molecule has 0 aliphatic carbocycles. The number of nitrogens with zero attached hydrogens (tertiary/aromatic N) is 1. The zero-order valence-corrected chi connectivity index (χ0v) is 13.8. The molecule has 0 radical (unpaired) electrons. The Kier molecular flexibility index (Phi) is 4.85. The zero-order chi connectivity index (χ0) is 17.2. The van der Waals surface area contributed by atoms with E-state index < -0.39 is 11.5 Å². The zero-order valence-electron chi connectivity index (χ0n) is 13.8. The molecular weight excluding hydrogens is 298 g/mol. The average Bonchev–Trinajstić information content (AvgIpc) is 2.73. The third kappa shape index (κ3) is 2.99. The molecule has 6 nitrogen and oxygen atoms in total. The Balaban J connectivity index is 2.38. The van der Waals surface area contributed by atoms with E-state index in [-0.39, 0.29) is 24.9 Å². The number of carbonyl (C=O) groups excluding carboxylic acids is 3. The predicted octanol–water partition coefficient (Wildman–Crippen LogP) is 2.69. The number of benzene rings is 1. The number of hydrogen-bond donors (Lipinski definition) is 0. The van der Waals surface area contributed by atoms with Crippen molar-refractivity contribution in [2.75, 3.05) is 25.2 Å².